The molecule has 1 aromatic carbocycles. The van der Waals surface area contributed by atoms with Gasteiger partial charge in [-0.25, -0.2) is 4.39 Å². The van der Waals surface area contributed by atoms with Gasteiger partial charge in [-0.3, -0.25) is 4.99 Å². The average Bonchev–Trinajstić information content (AvgIpc) is 3.26. The minimum atomic E-state index is -0.316. The second-order valence-corrected chi connectivity index (χ2v) is 5.99. The Kier molecular flexibility index (Phi) is 6.03. The first-order chi connectivity index (χ1) is 10.6. The van der Waals surface area contributed by atoms with Crippen LogP contribution in [0.2, 0.25) is 5.02 Å². The Morgan fingerprint density at radius 3 is 2.91 bits per heavy atom. The first-order valence-corrected chi connectivity index (χ1v) is 8.02. The minimum Gasteiger partial charge on any atom is -0.382 e. The second-order valence-electron chi connectivity index (χ2n) is 5.58. The summed E-state index contributed by atoms with van der Waals surface area (Å²) in [6.07, 6.45) is 2.89. The van der Waals surface area contributed by atoms with Crippen LogP contribution in [0.4, 0.5) is 4.39 Å². The molecule has 6 heteroatoms. The van der Waals surface area contributed by atoms with Crippen molar-refractivity contribution in [2.75, 3.05) is 26.3 Å². The number of nitrogens with zero attached hydrogens (tertiary/aromatic N) is 1. The molecule has 0 saturated heterocycles. The zero-order valence-electron chi connectivity index (χ0n) is 12.9. The highest BCUT2D eigenvalue weighted by molar-refractivity contribution is 6.31. The lowest BCUT2D eigenvalue weighted by atomic mass is 9.96. The molecule has 1 aliphatic carbocycles. The summed E-state index contributed by atoms with van der Waals surface area (Å²) in [5, 5.41) is 3.54. The third kappa shape index (κ3) is 4.58. The van der Waals surface area contributed by atoms with Gasteiger partial charge in [0.05, 0.1) is 6.54 Å². The number of halogens is 2. The minimum absolute atomic E-state index is 0.0809. The maximum Gasteiger partial charge on any atom is 0.188 e. The van der Waals surface area contributed by atoms with Crippen LogP contribution in [0.15, 0.2) is 23.2 Å². The van der Waals surface area contributed by atoms with E-state index >= 15 is 0 Å². The molecule has 22 heavy (non-hydrogen) atoms. The van der Waals surface area contributed by atoms with E-state index in [4.69, 9.17) is 22.1 Å². The Bertz CT molecular complexity index is 532. The molecule has 2 rings (SSSR count). The number of rotatable bonds is 8. The Morgan fingerprint density at radius 2 is 2.27 bits per heavy atom. The highest BCUT2D eigenvalue weighted by Gasteiger charge is 2.45. The number of aliphatic imine (C=N–C) groups is 1. The van der Waals surface area contributed by atoms with Gasteiger partial charge >= 0.3 is 0 Å². The Morgan fingerprint density at radius 1 is 1.50 bits per heavy atom. The predicted molar refractivity (Wildman–Crippen MR) is 87.9 cm³/mol. The number of nitrogens with one attached hydrogen (secondary N) is 1. The van der Waals surface area contributed by atoms with Crippen LogP contribution in [0.5, 0.6) is 0 Å². The van der Waals surface area contributed by atoms with Crippen LogP contribution in [0, 0.1) is 5.82 Å². The van der Waals surface area contributed by atoms with Gasteiger partial charge < -0.3 is 15.8 Å². The topological polar surface area (TPSA) is 59.6 Å². The average molecular weight is 328 g/mol. The van der Waals surface area contributed by atoms with E-state index in [1.54, 1.807) is 6.07 Å². The third-order valence-electron chi connectivity index (χ3n) is 3.88. The predicted octanol–water partition coefficient (Wildman–Crippen LogP) is 2.84. The van der Waals surface area contributed by atoms with Crippen molar-refractivity contribution in [2.45, 2.75) is 31.6 Å². The van der Waals surface area contributed by atoms with Crippen LogP contribution >= 0.6 is 11.6 Å². The zero-order valence-corrected chi connectivity index (χ0v) is 13.6. The summed E-state index contributed by atoms with van der Waals surface area (Å²) in [5.41, 5.74) is 6.75. The molecule has 1 fully saturated rings. The molecule has 1 aliphatic rings. The number of ether oxygens (including phenoxy) is 1. The van der Waals surface area contributed by atoms with Gasteiger partial charge in [0.1, 0.15) is 5.82 Å². The molecule has 0 spiro atoms. The van der Waals surface area contributed by atoms with Crippen molar-refractivity contribution >= 4 is 17.6 Å². The third-order valence-corrected chi connectivity index (χ3v) is 4.20. The zero-order chi connectivity index (χ0) is 16.0. The number of guanidine groups is 1. The van der Waals surface area contributed by atoms with Crippen LogP contribution in [-0.2, 0) is 10.2 Å². The lowest BCUT2D eigenvalue weighted by Crippen LogP contribution is -2.33. The summed E-state index contributed by atoms with van der Waals surface area (Å²) in [4.78, 5) is 4.41. The fourth-order valence-corrected chi connectivity index (χ4v) is 2.78. The molecule has 0 unspecified atom stereocenters. The largest absolute Gasteiger partial charge is 0.382 e. The molecule has 1 saturated carbocycles. The summed E-state index contributed by atoms with van der Waals surface area (Å²) in [7, 11) is 0. The van der Waals surface area contributed by atoms with Gasteiger partial charge in [-0.2, -0.15) is 0 Å². The standard InChI is InChI=1S/C16H23ClFN3O/c1-2-22-9-3-8-20-15(19)21-11-16(6-7-16)13-5-4-12(18)10-14(13)17/h4-5,10H,2-3,6-9,11H2,1H3,(H3,19,20,21). The summed E-state index contributed by atoms with van der Waals surface area (Å²) >= 11 is 6.15. The van der Waals surface area contributed by atoms with Crippen molar-refractivity contribution in [1.82, 2.24) is 5.32 Å². The van der Waals surface area contributed by atoms with E-state index in [9.17, 15) is 4.39 Å². The summed E-state index contributed by atoms with van der Waals surface area (Å²) < 4.78 is 18.4. The van der Waals surface area contributed by atoms with Gasteiger partial charge in [0.25, 0.3) is 0 Å². The molecule has 0 aliphatic heterocycles. The first kappa shape index (κ1) is 17.0. The van der Waals surface area contributed by atoms with E-state index in [0.717, 1.165) is 38.0 Å². The fourth-order valence-electron chi connectivity index (χ4n) is 2.41. The maximum absolute atomic E-state index is 13.1. The Hall–Kier alpha value is -1.33. The highest BCUT2D eigenvalue weighted by Crippen LogP contribution is 2.50. The van der Waals surface area contributed by atoms with Crippen molar-refractivity contribution in [3.05, 3.63) is 34.6 Å². The first-order valence-electron chi connectivity index (χ1n) is 7.64. The smallest absolute Gasteiger partial charge is 0.188 e. The van der Waals surface area contributed by atoms with E-state index in [1.165, 1.54) is 12.1 Å². The summed E-state index contributed by atoms with van der Waals surface area (Å²) in [6, 6.07) is 4.56. The van der Waals surface area contributed by atoms with Crippen LogP contribution < -0.4 is 11.1 Å². The second kappa shape index (κ2) is 7.79. The van der Waals surface area contributed by atoms with Crippen LogP contribution in [0.25, 0.3) is 0 Å². The van der Waals surface area contributed by atoms with Crippen molar-refractivity contribution < 1.29 is 9.13 Å². The lowest BCUT2D eigenvalue weighted by molar-refractivity contribution is 0.145. The molecule has 0 radical (unpaired) electrons. The Labute approximate surface area is 135 Å². The van der Waals surface area contributed by atoms with Crippen LogP contribution in [-0.4, -0.2) is 32.3 Å². The van der Waals surface area contributed by atoms with Gasteiger partial charge in [0.2, 0.25) is 0 Å². The quantitative estimate of drug-likeness (QED) is 0.438. The molecular formula is C16H23ClFN3O. The maximum atomic E-state index is 13.1. The van der Waals surface area contributed by atoms with Crippen molar-refractivity contribution in [2.24, 2.45) is 10.7 Å². The molecule has 0 atom stereocenters. The highest BCUT2D eigenvalue weighted by atomic mass is 35.5. The molecule has 0 amide bonds. The summed E-state index contributed by atoms with van der Waals surface area (Å²) in [5.74, 6) is 0.115. The normalized spacial score (nSPS) is 16.6. The van der Waals surface area contributed by atoms with Crippen molar-refractivity contribution in [1.29, 1.82) is 0 Å². The molecule has 0 aromatic heterocycles. The van der Waals surface area contributed by atoms with Gasteiger partial charge in [-0.05, 0) is 43.9 Å². The summed E-state index contributed by atoms with van der Waals surface area (Å²) in [6.45, 7) is 4.72. The van der Waals surface area contributed by atoms with E-state index < -0.39 is 0 Å². The molecular weight excluding hydrogens is 305 g/mol. The van der Waals surface area contributed by atoms with Gasteiger partial charge in [0.15, 0.2) is 5.96 Å². The molecule has 122 valence electrons. The van der Waals surface area contributed by atoms with E-state index in [2.05, 4.69) is 10.3 Å². The van der Waals surface area contributed by atoms with Crippen molar-refractivity contribution in [3.63, 3.8) is 0 Å². The fraction of sp³-hybridized carbons (Fsp3) is 0.562. The Balaban J connectivity index is 1.85. The van der Waals surface area contributed by atoms with Crippen LogP contribution in [0.3, 0.4) is 0 Å². The SMILES string of the molecule is CCOCCCNC(N)=NCC1(c2ccc(F)cc2Cl)CC1. The van der Waals surface area contributed by atoms with Crippen LogP contribution in [0.1, 0.15) is 31.7 Å². The number of hydrogen-bond acceptors (Lipinski definition) is 2. The number of benzene rings is 1. The molecule has 4 nitrogen and oxygen atoms in total. The molecule has 0 heterocycles. The van der Waals surface area contributed by atoms with Gasteiger partial charge in [0, 0.05) is 30.2 Å². The monoisotopic (exact) mass is 327 g/mol. The molecule has 0 bridgehead atoms. The van der Waals surface area contributed by atoms with E-state index in [-0.39, 0.29) is 11.2 Å². The number of hydrogen-bond donors (Lipinski definition) is 2. The molecule has 3 N–H and O–H groups in total. The van der Waals surface area contributed by atoms with E-state index in [0.29, 0.717) is 24.1 Å². The van der Waals surface area contributed by atoms with E-state index in [1.807, 2.05) is 6.92 Å². The van der Waals surface area contributed by atoms with Gasteiger partial charge in [-0.15, -0.1) is 0 Å². The molecule has 1 aromatic rings. The lowest BCUT2D eigenvalue weighted by Gasteiger charge is -2.15. The van der Waals surface area contributed by atoms with Gasteiger partial charge in [-0.1, -0.05) is 17.7 Å². The van der Waals surface area contributed by atoms with Crippen molar-refractivity contribution in [3.8, 4) is 0 Å². The number of nitrogens with two attached hydrogens (primary N) is 1.